The Bertz CT molecular complexity index is 1380. The van der Waals surface area contributed by atoms with Crippen LogP contribution in [-0.2, 0) is 9.47 Å². The van der Waals surface area contributed by atoms with E-state index in [4.69, 9.17) is 21.1 Å². The molecule has 0 amide bonds. The molecule has 0 radical (unpaired) electrons. The zero-order chi connectivity index (χ0) is 26.5. The highest BCUT2D eigenvalue weighted by Crippen LogP contribution is 2.36. The molecule has 2 aromatic heterocycles. The molecule has 2 fully saturated rings. The minimum absolute atomic E-state index is 0.0600. The Hall–Kier alpha value is -3.26. The molecule has 198 valence electrons. The second-order valence-corrected chi connectivity index (χ2v) is 10.2. The molecule has 2 aliphatic rings. The maximum atomic E-state index is 13.6. The van der Waals surface area contributed by atoms with Crippen molar-refractivity contribution in [3.8, 4) is 11.1 Å². The van der Waals surface area contributed by atoms with Gasteiger partial charge in [-0.15, -0.1) is 0 Å². The fourth-order valence-corrected chi connectivity index (χ4v) is 5.30. The molecule has 2 aromatic carbocycles. The van der Waals surface area contributed by atoms with Gasteiger partial charge < -0.3 is 18.9 Å². The lowest BCUT2D eigenvalue weighted by Gasteiger charge is -2.13. The Balaban J connectivity index is 0.000000433. The zero-order valence-corrected chi connectivity index (χ0v) is 22.7. The summed E-state index contributed by atoms with van der Waals surface area (Å²) in [6, 6.07) is 16.4. The monoisotopic (exact) mass is 532 g/mol. The topological polar surface area (TPSA) is 69.5 Å². The fraction of sp³-hybridized carbons (Fsp3) is 0.367. The third-order valence-electron chi connectivity index (χ3n) is 7.11. The molecule has 0 spiro atoms. The zero-order valence-electron chi connectivity index (χ0n) is 21.9. The first kappa shape index (κ1) is 26.4. The van der Waals surface area contributed by atoms with E-state index < -0.39 is 0 Å². The maximum absolute atomic E-state index is 13.6. The van der Waals surface area contributed by atoms with Gasteiger partial charge in [0.25, 0.3) is 0 Å². The number of anilines is 1. The highest BCUT2D eigenvalue weighted by Gasteiger charge is 2.25. The number of hydrogen-bond donors (Lipinski definition) is 0. The van der Waals surface area contributed by atoms with Gasteiger partial charge in [-0.2, -0.15) is 0 Å². The average molecular weight is 533 g/mol. The lowest BCUT2D eigenvalue weighted by atomic mass is 9.98. The highest BCUT2D eigenvalue weighted by molar-refractivity contribution is 6.36. The summed E-state index contributed by atoms with van der Waals surface area (Å²) >= 11 is 6.46. The predicted octanol–water partition coefficient (Wildman–Crippen LogP) is 6.20. The Kier molecular flexibility index (Phi) is 8.37. The van der Waals surface area contributed by atoms with E-state index in [0.717, 1.165) is 61.7 Å². The van der Waals surface area contributed by atoms with E-state index in [0.29, 0.717) is 27.7 Å². The van der Waals surface area contributed by atoms with Crippen LogP contribution in [0.5, 0.6) is 0 Å². The largest absolute Gasteiger partial charge is 0.378 e. The maximum Gasteiger partial charge on any atom is 0.195 e. The van der Waals surface area contributed by atoms with Crippen molar-refractivity contribution in [3.63, 3.8) is 0 Å². The Morgan fingerprint density at radius 3 is 2.26 bits per heavy atom. The van der Waals surface area contributed by atoms with Crippen molar-refractivity contribution >= 4 is 34.1 Å². The minimum atomic E-state index is -0.0600. The molecule has 1 saturated heterocycles. The van der Waals surface area contributed by atoms with Crippen LogP contribution in [0, 0.1) is 0 Å². The second-order valence-electron chi connectivity index (χ2n) is 9.83. The molecule has 8 heteroatoms. The van der Waals surface area contributed by atoms with Crippen LogP contribution in [0.15, 0.2) is 61.1 Å². The van der Waals surface area contributed by atoms with E-state index in [2.05, 4.69) is 43.7 Å². The fourth-order valence-electron chi connectivity index (χ4n) is 5.07. The Morgan fingerprint density at radius 2 is 1.63 bits per heavy atom. The number of halogens is 1. The van der Waals surface area contributed by atoms with Crippen LogP contribution in [0.25, 0.3) is 22.2 Å². The summed E-state index contributed by atoms with van der Waals surface area (Å²) in [7, 11) is 4.04. The van der Waals surface area contributed by atoms with Gasteiger partial charge in [0, 0.05) is 37.6 Å². The number of carbonyl (C=O) groups excluding carboxylic acids is 1. The molecule has 3 heterocycles. The summed E-state index contributed by atoms with van der Waals surface area (Å²) in [4.78, 5) is 24.3. The van der Waals surface area contributed by atoms with Gasteiger partial charge >= 0.3 is 0 Å². The van der Waals surface area contributed by atoms with Crippen LogP contribution in [-0.4, -0.2) is 60.8 Å². The van der Waals surface area contributed by atoms with E-state index in [1.165, 1.54) is 19.2 Å². The van der Waals surface area contributed by atoms with Crippen molar-refractivity contribution in [2.24, 2.45) is 0 Å². The number of aromatic nitrogens is 3. The summed E-state index contributed by atoms with van der Waals surface area (Å²) in [6.45, 7) is 3.11. The second kappa shape index (κ2) is 12.1. The normalized spacial score (nSPS) is 15.8. The molecule has 0 unspecified atom stereocenters. The molecule has 6 rings (SSSR count). The minimum Gasteiger partial charge on any atom is -0.378 e. The van der Waals surface area contributed by atoms with Crippen LogP contribution in [0.3, 0.4) is 0 Å². The van der Waals surface area contributed by atoms with Crippen LogP contribution in [0.2, 0.25) is 5.15 Å². The SMILES string of the molecule is C1COCCO1.CN(C)c1ccc(-c2cccc(C(=O)c3cn(C4CCCC4)c4ncnc(Cl)c34)c2)cc1. The number of fused-ring (bicyclic) bond motifs is 1. The first-order valence-corrected chi connectivity index (χ1v) is 13.5. The summed E-state index contributed by atoms with van der Waals surface area (Å²) in [5.41, 5.74) is 5.15. The summed E-state index contributed by atoms with van der Waals surface area (Å²) < 4.78 is 12.0. The molecule has 1 saturated carbocycles. The van der Waals surface area contributed by atoms with Crippen molar-refractivity contribution in [2.75, 3.05) is 45.4 Å². The Labute approximate surface area is 228 Å². The van der Waals surface area contributed by atoms with Crippen LogP contribution in [0.4, 0.5) is 5.69 Å². The van der Waals surface area contributed by atoms with Gasteiger partial charge in [-0.1, -0.05) is 54.8 Å². The number of rotatable bonds is 5. The van der Waals surface area contributed by atoms with Crippen molar-refractivity contribution in [2.45, 2.75) is 31.7 Å². The lowest BCUT2D eigenvalue weighted by Crippen LogP contribution is -2.16. The molecule has 38 heavy (non-hydrogen) atoms. The number of benzene rings is 2. The van der Waals surface area contributed by atoms with E-state index >= 15 is 0 Å². The van der Waals surface area contributed by atoms with Crippen molar-refractivity contribution in [1.29, 1.82) is 0 Å². The molecular weight excluding hydrogens is 500 g/mol. The quantitative estimate of drug-likeness (QED) is 0.225. The molecule has 7 nitrogen and oxygen atoms in total. The molecule has 4 aromatic rings. The molecule has 0 N–H and O–H groups in total. The highest BCUT2D eigenvalue weighted by atomic mass is 35.5. The van der Waals surface area contributed by atoms with Gasteiger partial charge in [0.2, 0.25) is 0 Å². The summed E-state index contributed by atoms with van der Waals surface area (Å²) in [5.74, 6) is -0.0600. The van der Waals surface area contributed by atoms with Gasteiger partial charge in [0.15, 0.2) is 5.78 Å². The van der Waals surface area contributed by atoms with Gasteiger partial charge in [0.05, 0.1) is 37.4 Å². The third-order valence-corrected chi connectivity index (χ3v) is 7.40. The van der Waals surface area contributed by atoms with Gasteiger partial charge in [-0.3, -0.25) is 4.79 Å². The molecular formula is C30H33ClN4O3. The van der Waals surface area contributed by atoms with Gasteiger partial charge in [-0.05, 0) is 42.2 Å². The molecule has 0 atom stereocenters. The van der Waals surface area contributed by atoms with Gasteiger partial charge in [-0.25, -0.2) is 9.97 Å². The first-order valence-electron chi connectivity index (χ1n) is 13.1. The van der Waals surface area contributed by atoms with Crippen LogP contribution >= 0.6 is 11.6 Å². The smallest absolute Gasteiger partial charge is 0.195 e. The van der Waals surface area contributed by atoms with E-state index in [-0.39, 0.29) is 5.78 Å². The number of nitrogens with zero attached hydrogens (tertiary/aromatic N) is 4. The van der Waals surface area contributed by atoms with E-state index in [1.54, 1.807) is 0 Å². The van der Waals surface area contributed by atoms with Crippen LogP contribution < -0.4 is 4.90 Å². The molecule has 1 aliphatic carbocycles. The molecule has 0 bridgehead atoms. The van der Waals surface area contributed by atoms with Crippen molar-refractivity contribution < 1.29 is 14.3 Å². The van der Waals surface area contributed by atoms with E-state index in [1.807, 2.05) is 44.6 Å². The van der Waals surface area contributed by atoms with E-state index in [9.17, 15) is 4.79 Å². The standard InChI is InChI=1S/C26H25ClN4O.C4H8O2/c1-30(2)20-12-10-17(11-13-20)18-6-5-7-19(14-18)24(32)22-15-31(21-8-3-4-9-21)26-23(22)25(27)28-16-29-26;1-2-6-4-3-5-1/h5-7,10-16,21H,3-4,8-9H2,1-2H3;1-4H2. The number of ether oxygens (including phenoxy) is 2. The number of carbonyl (C=O) groups is 1. The molecule has 1 aliphatic heterocycles. The van der Waals surface area contributed by atoms with Crippen LogP contribution in [0.1, 0.15) is 47.6 Å². The predicted molar refractivity (Wildman–Crippen MR) is 151 cm³/mol. The number of ketones is 1. The first-order chi connectivity index (χ1) is 18.5. The third kappa shape index (κ3) is 5.75. The van der Waals surface area contributed by atoms with Crippen molar-refractivity contribution in [3.05, 3.63) is 77.3 Å². The number of hydrogen-bond acceptors (Lipinski definition) is 6. The summed E-state index contributed by atoms with van der Waals surface area (Å²) in [6.07, 6.45) is 7.99. The average Bonchev–Trinajstić information content (AvgIpc) is 3.63. The lowest BCUT2D eigenvalue weighted by molar-refractivity contribution is -0.0334. The van der Waals surface area contributed by atoms with Gasteiger partial charge in [0.1, 0.15) is 17.1 Å². The summed E-state index contributed by atoms with van der Waals surface area (Å²) in [5, 5.41) is 0.970. The Morgan fingerprint density at radius 1 is 0.947 bits per heavy atom. The van der Waals surface area contributed by atoms with Crippen molar-refractivity contribution in [1.82, 2.24) is 14.5 Å².